The van der Waals surface area contributed by atoms with Crippen LogP contribution in [-0.2, 0) is 16.9 Å². The number of hydrogen-bond donors (Lipinski definition) is 0. The van der Waals surface area contributed by atoms with Crippen LogP contribution in [0.1, 0.15) is 35.7 Å². The molecule has 0 amide bonds. The monoisotopic (exact) mass is 502 g/mol. The van der Waals surface area contributed by atoms with E-state index in [0.29, 0.717) is 28.5 Å². The van der Waals surface area contributed by atoms with Gasteiger partial charge in [-0.15, -0.1) is 22.0 Å². The minimum atomic E-state index is -0.506. The summed E-state index contributed by atoms with van der Waals surface area (Å²) in [5.41, 5.74) is 4.33. The van der Waals surface area contributed by atoms with Crippen molar-refractivity contribution < 1.29 is 9.53 Å². The summed E-state index contributed by atoms with van der Waals surface area (Å²) in [6.07, 6.45) is 0.709. The third-order valence-electron chi connectivity index (χ3n) is 5.76. The molecule has 0 saturated carbocycles. The maximum Gasteiger partial charge on any atom is 0.360 e. The Morgan fingerprint density at radius 2 is 1.77 bits per heavy atom. The first-order chi connectivity index (χ1) is 17.1. The van der Waals surface area contributed by atoms with Gasteiger partial charge in [-0.3, -0.25) is 0 Å². The Balaban J connectivity index is 1.70. The summed E-state index contributed by atoms with van der Waals surface area (Å²) in [5, 5.41) is 16.7. The van der Waals surface area contributed by atoms with E-state index in [1.165, 1.54) is 0 Å². The van der Waals surface area contributed by atoms with Crippen LogP contribution in [0.2, 0.25) is 5.02 Å². The molecule has 5 rings (SSSR count). The van der Waals surface area contributed by atoms with Gasteiger partial charge in [-0.2, -0.15) is 5.10 Å². The van der Waals surface area contributed by atoms with Crippen molar-refractivity contribution in [2.45, 2.75) is 30.9 Å². The molecule has 6 nitrogen and oxygen atoms in total. The van der Waals surface area contributed by atoms with Gasteiger partial charge in [0.25, 0.3) is 0 Å². The number of esters is 1. The first-order valence-corrected chi connectivity index (χ1v) is 12.8. The number of halogens is 1. The van der Waals surface area contributed by atoms with Crippen LogP contribution in [0.25, 0.3) is 27.5 Å². The average Bonchev–Trinajstić information content (AvgIpc) is 3.26. The first kappa shape index (κ1) is 23.3. The number of aryl methyl sites for hydroxylation is 1. The van der Waals surface area contributed by atoms with Crippen molar-refractivity contribution in [3.05, 3.63) is 88.8 Å². The molecule has 0 N–H and O–H groups in total. The van der Waals surface area contributed by atoms with Gasteiger partial charge >= 0.3 is 5.97 Å². The normalized spacial score (nSPS) is 11.3. The fraction of sp³-hybridized carbons (Fsp3) is 0.185. The Hall–Kier alpha value is -3.42. The Kier molecular flexibility index (Phi) is 6.70. The zero-order valence-electron chi connectivity index (χ0n) is 19.4. The highest BCUT2D eigenvalue weighted by Crippen LogP contribution is 2.35. The molecule has 0 aliphatic rings. The predicted octanol–water partition coefficient (Wildman–Crippen LogP) is 6.63. The topological polar surface area (TPSA) is 69.4 Å². The lowest BCUT2D eigenvalue weighted by atomic mass is 9.97. The molecule has 0 unspecified atom stereocenters. The minimum absolute atomic E-state index is 0.176. The number of carbonyl (C=O) groups excluding carboxylic acids is 1. The molecule has 35 heavy (non-hydrogen) atoms. The van der Waals surface area contributed by atoms with Gasteiger partial charge in [-0.1, -0.05) is 61.0 Å². The molecule has 0 atom stereocenters. The number of fused-ring (bicyclic) bond motifs is 2. The second-order valence-electron chi connectivity index (χ2n) is 7.90. The van der Waals surface area contributed by atoms with Crippen molar-refractivity contribution in [1.29, 1.82) is 0 Å². The lowest BCUT2D eigenvalue weighted by Crippen LogP contribution is -2.16. The molecule has 0 radical (unpaired) electrons. The number of benzene rings is 3. The zero-order valence-corrected chi connectivity index (χ0v) is 20.9. The van der Waals surface area contributed by atoms with E-state index >= 15 is 0 Å². The molecule has 0 aliphatic heterocycles. The van der Waals surface area contributed by atoms with Gasteiger partial charge in [-0.05, 0) is 53.9 Å². The van der Waals surface area contributed by atoms with Crippen LogP contribution in [0, 0.1) is 0 Å². The van der Waals surface area contributed by atoms with Crippen molar-refractivity contribution in [1.82, 2.24) is 19.8 Å². The van der Waals surface area contributed by atoms with E-state index in [0.717, 1.165) is 32.5 Å². The van der Waals surface area contributed by atoms with Crippen molar-refractivity contribution in [2.24, 2.45) is 0 Å². The summed E-state index contributed by atoms with van der Waals surface area (Å²) in [4.78, 5) is 13.8. The summed E-state index contributed by atoms with van der Waals surface area (Å²) >= 11 is 7.61. The van der Waals surface area contributed by atoms with E-state index in [2.05, 4.69) is 41.4 Å². The maximum atomic E-state index is 12.8. The fourth-order valence-corrected chi connectivity index (χ4v) is 5.14. The maximum absolute atomic E-state index is 12.8. The summed E-state index contributed by atoms with van der Waals surface area (Å²) in [6, 6.07) is 22.1. The molecule has 0 fully saturated rings. The Bertz CT molecular complexity index is 1530. The number of nitrogens with zero attached hydrogens (tertiary/aromatic N) is 4. The smallest absolute Gasteiger partial charge is 0.360 e. The Morgan fingerprint density at radius 1 is 1.00 bits per heavy atom. The first-order valence-electron chi connectivity index (χ1n) is 11.4. The molecule has 0 saturated heterocycles. The third kappa shape index (κ3) is 4.49. The highest BCUT2D eigenvalue weighted by molar-refractivity contribution is 7.98. The number of aromatic nitrogens is 4. The largest absolute Gasteiger partial charge is 0.461 e. The molecule has 0 bridgehead atoms. The van der Waals surface area contributed by atoms with Crippen LogP contribution in [0.15, 0.2) is 71.6 Å². The molecule has 0 aliphatic carbocycles. The number of carbonyl (C=O) groups is 1. The van der Waals surface area contributed by atoms with Gasteiger partial charge in [0.15, 0.2) is 11.3 Å². The van der Waals surface area contributed by atoms with Crippen molar-refractivity contribution in [3.63, 3.8) is 0 Å². The molecule has 176 valence electrons. The second kappa shape index (κ2) is 10.1. The van der Waals surface area contributed by atoms with Crippen LogP contribution in [0.3, 0.4) is 0 Å². The summed E-state index contributed by atoms with van der Waals surface area (Å²) in [7, 11) is 0. The van der Waals surface area contributed by atoms with E-state index in [4.69, 9.17) is 21.4 Å². The van der Waals surface area contributed by atoms with Crippen LogP contribution in [0.5, 0.6) is 0 Å². The summed E-state index contributed by atoms with van der Waals surface area (Å²) in [5.74, 6) is -0.0457. The van der Waals surface area contributed by atoms with Gasteiger partial charge in [0.1, 0.15) is 0 Å². The van der Waals surface area contributed by atoms with Gasteiger partial charge in [-0.25, -0.2) is 9.31 Å². The lowest BCUT2D eigenvalue weighted by Gasteiger charge is -2.10. The molecule has 8 heteroatoms. The van der Waals surface area contributed by atoms with Crippen LogP contribution >= 0.6 is 23.4 Å². The summed E-state index contributed by atoms with van der Waals surface area (Å²) in [6.45, 7) is 4.09. The third-order valence-corrected chi connectivity index (χ3v) is 7.03. The molecule has 0 spiro atoms. The Morgan fingerprint density at radius 3 is 2.54 bits per heavy atom. The molecular formula is C27H23ClN4O2S. The van der Waals surface area contributed by atoms with Crippen LogP contribution in [-0.4, -0.2) is 32.4 Å². The number of hydrogen-bond acceptors (Lipinski definition) is 6. The van der Waals surface area contributed by atoms with E-state index in [-0.39, 0.29) is 12.3 Å². The zero-order chi connectivity index (χ0) is 24.4. The van der Waals surface area contributed by atoms with E-state index in [1.54, 1.807) is 23.2 Å². The second-order valence-corrected chi connectivity index (χ2v) is 9.38. The van der Waals surface area contributed by atoms with Gasteiger partial charge < -0.3 is 4.74 Å². The molecular weight excluding hydrogens is 480 g/mol. The van der Waals surface area contributed by atoms with Crippen LogP contribution in [0.4, 0.5) is 0 Å². The Labute approximate surface area is 212 Å². The number of thioether (sulfide) groups is 1. The van der Waals surface area contributed by atoms with E-state index in [9.17, 15) is 4.79 Å². The molecule has 5 aromatic rings. The fourth-order valence-electron chi connectivity index (χ4n) is 4.13. The lowest BCUT2D eigenvalue weighted by molar-refractivity contribution is 0.0516. The standard InChI is InChI=1S/C27H23ClN4O2S/c1-3-22-24(21-11-7-9-17-8-5-6-10-20(17)21)26-30-29-25(27(33)34-4-2)23(32(26)31-22)16-35-19-14-12-18(28)13-15-19/h5-15H,3-4,16H2,1-2H3. The van der Waals surface area contributed by atoms with E-state index < -0.39 is 5.97 Å². The van der Waals surface area contributed by atoms with Crippen LogP contribution < -0.4 is 0 Å². The number of rotatable bonds is 7. The summed E-state index contributed by atoms with van der Waals surface area (Å²) < 4.78 is 7.04. The minimum Gasteiger partial charge on any atom is -0.461 e. The van der Waals surface area contributed by atoms with Gasteiger partial charge in [0, 0.05) is 15.7 Å². The quantitative estimate of drug-likeness (QED) is 0.184. The van der Waals surface area contributed by atoms with Gasteiger partial charge in [0.2, 0.25) is 0 Å². The van der Waals surface area contributed by atoms with Crippen molar-refractivity contribution >= 4 is 45.8 Å². The van der Waals surface area contributed by atoms with E-state index in [1.807, 2.05) is 42.5 Å². The number of ether oxygens (including phenoxy) is 1. The molecule has 2 aromatic heterocycles. The van der Waals surface area contributed by atoms with Gasteiger partial charge in [0.05, 0.1) is 23.6 Å². The SMILES string of the molecule is CCOC(=O)c1nnc2c(-c3cccc4ccccc34)c(CC)nn2c1CSc1ccc(Cl)cc1. The average molecular weight is 503 g/mol. The highest BCUT2D eigenvalue weighted by Gasteiger charge is 2.24. The molecule has 3 aromatic carbocycles. The van der Waals surface area contributed by atoms with Crippen molar-refractivity contribution in [2.75, 3.05) is 6.61 Å². The predicted molar refractivity (Wildman–Crippen MR) is 140 cm³/mol. The molecule has 2 heterocycles. The van der Waals surface area contributed by atoms with Crippen molar-refractivity contribution in [3.8, 4) is 11.1 Å². The highest BCUT2D eigenvalue weighted by atomic mass is 35.5.